The molecule has 6 rings (SSSR count). The van der Waals surface area contributed by atoms with Gasteiger partial charge in [-0.3, -0.25) is 19.5 Å². The van der Waals surface area contributed by atoms with Gasteiger partial charge in [0.15, 0.2) is 11.6 Å². The van der Waals surface area contributed by atoms with Gasteiger partial charge in [0.2, 0.25) is 11.8 Å². The third kappa shape index (κ3) is 8.44. The van der Waals surface area contributed by atoms with Crippen LogP contribution in [-0.2, 0) is 22.7 Å². The second-order valence-electron chi connectivity index (χ2n) is 13.1. The molecule has 13 heteroatoms. The first-order chi connectivity index (χ1) is 24.6. The summed E-state index contributed by atoms with van der Waals surface area (Å²) in [6, 6.07) is 15.1. The molecular formula is C38H42Cl2FN7O3. The molecule has 2 fully saturated rings. The summed E-state index contributed by atoms with van der Waals surface area (Å²) < 4.78 is 21.6. The van der Waals surface area contributed by atoms with Crippen molar-refractivity contribution < 1.29 is 18.7 Å². The minimum absolute atomic E-state index is 0.0718. The van der Waals surface area contributed by atoms with Crippen LogP contribution in [-0.4, -0.2) is 77.5 Å². The van der Waals surface area contributed by atoms with Crippen LogP contribution >= 0.6 is 23.2 Å². The summed E-state index contributed by atoms with van der Waals surface area (Å²) in [5, 5.41) is 10.2. The molecule has 51 heavy (non-hydrogen) atoms. The number of likely N-dealkylation sites (tertiary alicyclic amines) is 1. The highest BCUT2D eigenvalue weighted by Crippen LogP contribution is 2.42. The number of nitrogens with zero attached hydrogens (tertiary/aromatic N) is 4. The molecular weight excluding hydrogens is 692 g/mol. The molecule has 2 aromatic heterocycles. The zero-order chi connectivity index (χ0) is 36.1. The molecule has 0 spiro atoms. The average Bonchev–Trinajstić information content (AvgIpc) is 3.55. The number of piperidine rings is 1. The van der Waals surface area contributed by atoms with Crippen LogP contribution in [0.3, 0.4) is 0 Å². The largest absolute Gasteiger partial charge is 0.496 e. The predicted octanol–water partition coefficient (Wildman–Crippen LogP) is 6.82. The van der Waals surface area contributed by atoms with Gasteiger partial charge in [-0.2, -0.15) is 0 Å². The zero-order valence-corrected chi connectivity index (χ0v) is 30.5. The van der Waals surface area contributed by atoms with Gasteiger partial charge in [0, 0.05) is 98.4 Å². The van der Waals surface area contributed by atoms with Crippen molar-refractivity contribution in [3.63, 3.8) is 0 Å². The zero-order valence-electron chi connectivity index (χ0n) is 28.9. The molecule has 0 unspecified atom stereocenters. The molecule has 2 amide bonds. The Bertz CT molecular complexity index is 1900. The Labute approximate surface area is 307 Å². The molecule has 3 N–H and O–H groups in total. The summed E-state index contributed by atoms with van der Waals surface area (Å²) in [6.07, 6.45) is 6.34. The SMILES string of the molecule is COc1cc(-c2nccc(-c3cccc(Nc4nccc(CN(C)C5CCN(C(C)=O)CC5)c4F)c3Cl)c2Cl)ccc1CNC[C@@H]1CCC(=O)N1. The smallest absolute Gasteiger partial charge is 0.220 e. The summed E-state index contributed by atoms with van der Waals surface area (Å²) >= 11 is 14.0. The van der Waals surface area contributed by atoms with E-state index in [1.807, 2.05) is 42.3 Å². The van der Waals surface area contributed by atoms with E-state index < -0.39 is 5.82 Å². The van der Waals surface area contributed by atoms with Crippen molar-refractivity contribution >= 4 is 46.5 Å². The number of rotatable bonds is 12. The van der Waals surface area contributed by atoms with Crippen LogP contribution in [0, 0.1) is 5.82 Å². The van der Waals surface area contributed by atoms with Gasteiger partial charge in [0.25, 0.3) is 0 Å². The molecule has 0 saturated carbocycles. The van der Waals surface area contributed by atoms with E-state index in [-0.39, 0.29) is 29.7 Å². The molecule has 2 aliphatic heterocycles. The van der Waals surface area contributed by atoms with Crippen LogP contribution in [0.15, 0.2) is 60.9 Å². The molecule has 0 radical (unpaired) electrons. The van der Waals surface area contributed by atoms with Crippen molar-refractivity contribution in [2.75, 3.05) is 39.1 Å². The van der Waals surface area contributed by atoms with E-state index in [0.717, 1.165) is 30.4 Å². The maximum Gasteiger partial charge on any atom is 0.220 e. The number of benzene rings is 2. The summed E-state index contributed by atoms with van der Waals surface area (Å²) in [4.78, 5) is 36.1. The van der Waals surface area contributed by atoms with Gasteiger partial charge in [-0.25, -0.2) is 9.37 Å². The van der Waals surface area contributed by atoms with Crippen LogP contribution in [0.2, 0.25) is 10.0 Å². The Balaban J connectivity index is 1.17. The molecule has 4 heterocycles. The maximum absolute atomic E-state index is 15.9. The Kier molecular flexibility index (Phi) is 11.7. The number of hydrogen-bond donors (Lipinski definition) is 3. The minimum atomic E-state index is -0.450. The lowest BCUT2D eigenvalue weighted by Gasteiger charge is -2.36. The van der Waals surface area contributed by atoms with Gasteiger partial charge in [0.05, 0.1) is 28.5 Å². The van der Waals surface area contributed by atoms with Gasteiger partial charge < -0.3 is 25.6 Å². The number of halogens is 3. The van der Waals surface area contributed by atoms with Crippen LogP contribution in [0.25, 0.3) is 22.4 Å². The Morgan fingerprint density at radius 3 is 2.53 bits per heavy atom. The molecule has 0 aliphatic carbocycles. The summed E-state index contributed by atoms with van der Waals surface area (Å²) in [5.74, 6) is 0.488. The highest BCUT2D eigenvalue weighted by molar-refractivity contribution is 6.39. The normalized spacial score (nSPS) is 16.4. The van der Waals surface area contributed by atoms with E-state index in [0.29, 0.717) is 83.0 Å². The number of pyridine rings is 2. The van der Waals surface area contributed by atoms with E-state index in [1.54, 1.807) is 44.6 Å². The highest BCUT2D eigenvalue weighted by Gasteiger charge is 2.25. The Morgan fingerprint density at radius 2 is 1.80 bits per heavy atom. The molecule has 1 atom stereocenters. The van der Waals surface area contributed by atoms with Crippen LogP contribution in [0.1, 0.15) is 43.7 Å². The van der Waals surface area contributed by atoms with Gasteiger partial charge in [-0.05, 0) is 50.6 Å². The second kappa shape index (κ2) is 16.4. The number of nitrogens with one attached hydrogen (secondary N) is 3. The lowest BCUT2D eigenvalue weighted by Crippen LogP contribution is -2.44. The molecule has 2 aromatic carbocycles. The number of carbonyl (C=O) groups excluding carboxylic acids is 2. The predicted molar refractivity (Wildman–Crippen MR) is 199 cm³/mol. The number of methoxy groups -OCH3 is 1. The average molecular weight is 735 g/mol. The number of amides is 2. The van der Waals surface area contributed by atoms with Gasteiger partial charge in [-0.15, -0.1) is 0 Å². The van der Waals surface area contributed by atoms with Crippen molar-refractivity contribution in [3.8, 4) is 28.1 Å². The fraction of sp³-hybridized carbons (Fsp3) is 0.368. The third-order valence-corrected chi connectivity index (χ3v) is 10.5. The standard InChI is InChI=1S/C38H42Cl2FN7O3/c1-23(49)48-17-13-28(14-18-48)47(2)22-26-11-15-44-38(36(26)41)46-31-6-4-5-29(34(31)39)30-12-16-43-37(35(30)40)24-7-8-25(32(19-24)51-3)20-42-21-27-9-10-33(50)45-27/h4-8,11-12,15-16,19,27-28,42H,9-10,13-14,17-18,20-22H2,1-3H3,(H,44,46)(H,45,50)/t27-/m0/s1. The number of carbonyl (C=O) groups is 2. The first-order valence-electron chi connectivity index (χ1n) is 17.1. The van der Waals surface area contributed by atoms with Crippen LogP contribution in [0.4, 0.5) is 15.9 Å². The highest BCUT2D eigenvalue weighted by atomic mass is 35.5. The van der Waals surface area contributed by atoms with Crippen molar-refractivity contribution in [1.82, 2.24) is 30.4 Å². The first-order valence-corrected chi connectivity index (χ1v) is 17.9. The molecule has 0 bridgehead atoms. The quantitative estimate of drug-likeness (QED) is 0.146. The van der Waals surface area contributed by atoms with Crippen molar-refractivity contribution in [3.05, 3.63) is 87.9 Å². The van der Waals surface area contributed by atoms with Gasteiger partial charge in [-0.1, -0.05) is 47.5 Å². The Morgan fingerprint density at radius 1 is 1.04 bits per heavy atom. The summed E-state index contributed by atoms with van der Waals surface area (Å²) in [5.41, 5.74) is 4.60. The van der Waals surface area contributed by atoms with Crippen LogP contribution < -0.4 is 20.7 Å². The molecule has 2 saturated heterocycles. The van der Waals surface area contributed by atoms with E-state index in [9.17, 15) is 9.59 Å². The number of ether oxygens (including phenoxy) is 1. The van der Waals surface area contributed by atoms with Gasteiger partial charge in [0.1, 0.15) is 5.75 Å². The third-order valence-electron chi connectivity index (χ3n) is 9.70. The lowest BCUT2D eigenvalue weighted by atomic mass is 10.0. The molecule has 268 valence electrons. The summed E-state index contributed by atoms with van der Waals surface area (Å²) in [7, 11) is 3.60. The number of aromatic nitrogens is 2. The molecule has 4 aromatic rings. The summed E-state index contributed by atoms with van der Waals surface area (Å²) in [6.45, 7) is 4.65. The van der Waals surface area contributed by atoms with Crippen molar-refractivity contribution in [2.24, 2.45) is 0 Å². The lowest BCUT2D eigenvalue weighted by molar-refractivity contribution is -0.130. The van der Waals surface area contributed by atoms with Gasteiger partial charge >= 0.3 is 0 Å². The molecule has 10 nitrogen and oxygen atoms in total. The molecule has 2 aliphatic rings. The monoisotopic (exact) mass is 733 g/mol. The van der Waals surface area contributed by atoms with E-state index in [4.69, 9.17) is 27.9 Å². The van der Waals surface area contributed by atoms with Crippen molar-refractivity contribution in [1.29, 1.82) is 0 Å². The number of anilines is 2. The fourth-order valence-electron chi connectivity index (χ4n) is 6.78. The maximum atomic E-state index is 15.9. The fourth-order valence-corrected chi connectivity index (χ4v) is 7.38. The topological polar surface area (TPSA) is 112 Å². The number of hydrogen-bond acceptors (Lipinski definition) is 8. The van der Waals surface area contributed by atoms with E-state index in [1.165, 1.54) is 0 Å². The first kappa shape index (κ1) is 36.5. The minimum Gasteiger partial charge on any atom is -0.496 e. The van der Waals surface area contributed by atoms with Crippen LogP contribution in [0.5, 0.6) is 5.75 Å². The van der Waals surface area contributed by atoms with Crippen molar-refractivity contribution in [2.45, 2.75) is 57.8 Å². The Hall–Kier alpha value is -4.29. The van der Waals surface area contributed by atoms with E-state index >= 15 is 4.39 Å². The second-order valence-corrected chi connectivity index (χ2v) is 13.8. The van der Waals surface area contributed by atoms with E-state index in [2.05, 4.69) is 30.8 Å².